The fourth-order valence-electron chi connectivity index (χ4n) is 7.24. The molecule has 6 atom stereocenters. The lowest BCUT2D eigenvalue weighted by atomic mass is 9.47. The molecule has 0 spiro atoms. The van der Waals surface area contributed by atoms with E-state index in [1.165, 1.54) is 32.1 Å². The zero-order chi connectivity index (χ0) is 18.6. The molecule has 0 saturated heterocycles. The van der Waals surface area contributed by atoms with Gasteiger partial charge in [0.2, 0.25) is 0 Å². The van der Waals surface area contributed by atoms with Gasteiger partial charge < -0.3 is 5.11 Å². The summed E-state index contributed by atoms with van der Waals surface area (Å²) >= 11 is 0. The summed E-state index contributed by atoms with van der Waals surface area (Å²) in [4.78, 5) is 8.95. The summed E-state index contributed by atoms with van der Waals surface area (Å²) in [6.07, 6.45) is 17.7. The molecule has 1 aromatic heterocycles. The number of allylic oxidation sites excluding steroid dienone is 3. The van der Waals surface area contributed by atoms with Crippen molar-refractivity contribution in [2.75, 3.05) is 0 Å². The molecule has 1 heterocycles. The van der Waals surface area contributed by atoms with Gasteiger partial charge in [0, 0.05) is 24.2 Å². The first kappa shape index (κ1) is 17.6. The normalized spacial score (nSPS) is 43.2. The third-order valence-corrected chi connectivity index (χ3v) is 8.86. The number of fused-ring (bicyclic) bond motifs is 5. The number of nitrogens with zero attached hydrogens (tertiary/aromatic N) is 2. The van der Waals surface area contributed by atoms with Gasteiger partial charge in [-0.15, -0.1) is 0 Å². The number of aromatic nitrogens is 2. The predicted octanol–water partition coefficient (Wildman–Crippen LogP) is 4.88. The van der Waals surface area contributed by atoms with E-state index in [1.807, 2.05) is 18.5 Å². The fraction of sp³-hybridized carbons (Fsp3) is 0.667. The summed E-state index contributed by atoms with van der Waals surface area (Å²) < 4.78 is 0. The lowest BCUT2D eigenvalue weighted by Crippen LogP contribution is -2.53. The van der Waals surface area contributed by atoms with Crippen LogP contribution in [0.1, 0.15) is 64.6 Å². The maximum absolute atomic E-state index is 11.0. The largest absolute Gasteiger partial charge is 0.392 e. The number of aliphatic hydroxyl groups is 1. The summed E-state index contributed by atoms with van der Waals surface area (Å²) in [6.45, 7) is 4.87. The minimum Gasteiger partial charge on any atom is -0.392 e. The van der Waals surface area contributed by atoms with E-state index in [2.05, 4.69) is 36.0 Å². The summed E-state index contributed by atoms with van der Waals surface area (Å²) in [7, 11) is 0. The van der Waals surface area contributed by atoms with E-state index in [0.29, 0.717) is 17.8 Å². The molecule has 27 heavy (non-hydrogen) atoms. The predicted molar refractivity (Wildman–Crippen MR) is 107 cm³/mol. The van der Waals surface area contributed by atoms with Gasteiger partial charge in [0.1, 0.15) is 5.82 Å². The Labute approximate surface area is 163 Å². The van der Waals surface area contributed by atoms with E-state index in [-0.39, 0.29) is 16.9 Å². The van der Waals surface area contributed by atoms with Crippen molar-refractivity contribution in [2.24, 2.45) is 28.6 Å². The molecule has 3 nitrogen and oxygen atoms in total. The quantitative estimate of drug-likeness (QED) is 0.761. The Balaban J connectivity index is 1.43. The van der Waals surface area contributed by atoms with E-state index in [0.717, 1.165) is 25.1 Å². The van der Waals surface area contributed by atoms with Gasteiger partial charge in [0.25, 0.3) is 0 Å². The Bertz CT molecular complexity index is 785. The summed E-state index contributed by atoms with van der Waals surface area (Å²) in [6, 6.07) is 1.89. The molecule has 2 fully saturated rings. The van der Waals surface area contributed by atoms with E-state index >= 15 is 0 Å². The molecular weight excluding hydrogens is 332 g/mol. The molecule has 5 rings (SSSR count). The molecular formula is C24H32N2O. The second-order valence-corrected chi connectivity index (χ2v) is 9.80. The lowest BCUT2D eigenvalue weighted by molar-refractivity contribution is -0.0779. The van der Waals surface area contributed by atoms with Crippen LogP contribution in [-0.2, 0) is 6.42 Å². The zero-order valence-electron chi connectivity index (χ0n) is 16.7. The van der Waals surface area contributed by atoms with E-state index in [4.69, 9.17) is 0 Å². The molecule has 1 aromatic rings. The fourth-order valence-corrected chi connectivity index (χ4v) is 7.24. The van der Waals surface area contributed by atoms with Crippen LogP contribution in [0, 0.1) is 28.6 Å². The van der Waals surface area contributed by atoms with Crippen LogP contribution in [0.2, 0.25) is 0 Å². The third-order valence-electron chi connectivity index (χ3n) is 8.86. The molecule has 0 radical (unpaired) electrons. The van der Waals surface area contributed by atoms with Gasteiger partial charge in [-0.2, -0.15) is 0 Å². The summed E-state index contributed by atoms with van der Waals surface area (Å²) in [5.74, 6) is 3.01. The van der Waals surface area contributed by atoms with Crippen molar-refractivity contribution in [3.63, 3.8) is 0 Å². The standard InChI is InChI=1S/C24H32N2O/c1-23-12-11-20-18(9-7-16-5-3-6-21(27)24(16,20)2)19(23)10-8-17(23)15-22-25-13-4-14-26-22/h4,7-8,13-14,18-21,27H,3,5-6,9-12,15H2,1-2H3/t18-,19-,20-,21?,23+,24-/m0/s1. The minimum absolute atomic E-state index is 0.0216. The number of rotatable bonds is 2. The highest BCUT2D eigenvalue weighted by Gasteiger charge is 2.58. The molecule has 2 saturated carbocycles. The van der Waals surface area contributed by atoms with Gasteiger partial charge in [-0.1, -0.05) is 37.1 Å². The van der Waals surface area contributed by atoms with Crippen LogP contribution in [-0.4, -0.2) is 21.2 Å². The summed E-state index contributed by atoms with van der Waals surface area (Å²) in [5.41, 5.74) is 3.42. The van der Waals surface area contributed by atoms with E-state index in [9.17, 15) is 5.11 Å². The molecule has 0 aliphatic heterocycles. The monoisotopic (exact) mass is 364 g/mol. The average Bonchev–Trinajstić information content (AvgIpc) is 3.00. The van der Waals surface area contributed by atoms with Crippen LogP contribution in [0.5, 0.6) is 0 Å². The summed E-state index contributed by atoms with van der Waals surface area (Å²) in [5, 5.41) is 11.0. The Morgan fingerprint density at radius 2 is 1.89 bits per heavy atom. The smallest absolute Gasteiger partial charge is 0.132 e. The first-order valence-corrected chi connectivity index (χ1v) is 10.9. The lowest BCUT2D eigenvalue weighted by Gasteiger charge is -2.58. The highest BCUT2D eigenvalue weighted by molar-refractivity contribution is 5.31. The van der Waals surface area contributed by atoms with E-state index < -0.39 is 0 Å². The third kappa shape index (κ3) is 2.50. The minimum atomic E-state index is -0.152. The molecule has 1 N–H and O–H groups in total. The molecule has 0 amide bonds. The van der Waals surface area contributed by atoms with Crippen molar-refractivity contribution in [1.29, 1.82) is 0 Å². The van der Waals surface area contributed by atoms with Gasteiger partial charge in [0.05, 0.1) is 6.10 Å². The van der Waals surface area contributed by atoms with Crippen molar-refractivity contribution in [3.05, 3.63) is 47.6 Å². The zero-order valence-corrected chi connectivity index (χ0v) is 16.7. The first-order chi connectivity index (χ1) is 13.0. The van der Waals surface area contributed by atoms with E-state index in [1.54, 1.807) is 11.1 Å². The van der Waals surface area contributed by atoms with Crippen molar-refractivity contribution in [1.82, 2.24) is 9.97 Å². The first-order valence-electron chi connectivity index (χ1n) is 10.9. The van der Waals surface area contributed by atoms with Crippen LogP contribution < -0.4 is 0 Å². The van der Waals surface area contributed by atoms with Crippen molar-refractivity contribution in [2.45, 2.75) is 71.3 Å². The molecule has 4 aliphatic carbocycles. The molecule has 4 aliphatic rings. The highest BCUT2D eigenvalue weighted by atomic mass is 16.3. The van der Waals surface area contributed by atoms with Gasteiger partial charge in [-0.3, -0.25) is 0 Å². The number of hydrogen-bond donors (Lipinski definition) is 1. The van der Waals surface area contributed by atoms with Crippen molar-refractivity contribution in [3.8, 4) is 0 Å². The molecule has 3 heteroatoms. The van der Waals surface area contributed by atoms with Gasteiger partial charge in [-0.05, 0) is 74.2 Å². The highest BCUT2D eigenvalue weighted by Crippen LogP contribution is 2.65. The molecule has 0 aromatic carbocycles. The number of aliphatic hydroxyl groups excluding tert-OH is 1. The van der Waals surface area contributed by atoms with Crippen molar-refractivity contribution < 1.29 is 5.11 Å². The van der Waals surface area contributed by atoms with Crippen LogP contribution in [0.4, 0.5) is 0 Å². The maximum Gasteiger partial charge on any atom is 0.132 e. The van der Waals surface area contributed by atoms with Crippen LogP contribution in [0.3, 0.4) is 0 Å². The topological polar surface area (TPSA) is 46.0 Å². The van der Waals surface area contributed by atoms with Crippen LogP contribution >= 0.6 is 0 Å². The second-order valence-electron chi connectivity index (χ2n) is 9.80. The van der Waals surface area contributed by atoms with Crippen LogP contribution in [0.15, 0.2) is 41.8 Å². The molecule has 144 valence electrons. The van der Waals surface area contributed by atoms with Crippen LogP contribution in [0.25, 0.3) is 0 Å². The second kappa shape index (κ2) is 6.27. The van der Waals surface area contributed by atoms with Gasteiger partial charge >= 0.3 is 0 Å². The Morgan fingerprint density at radius 1 is 1.07 bits per heavy atom. The molecule has 1 unspecified atom stereocenters. The number of hydrogen-bond acceptors (Lipinski definition) is 3. The van der Waals surface area contributed by atoms with Gasteiger partial charge in [-0.25, -0.2) is 9.97 Å². The van der Waals surface area contributed by atoms with Gasteiger partial charge in [0.15, 0.2) is 0 Å². The Morgan fingerprint density at radius 3 is 2.70 bits per heavy atom. The average molecular weight is 365 g/mol. The Kier molecular flexibility index (Phi) is 4.09. The maximum atomic E-state index is 11.0. The Hall–Kier alpha value is -1.48. The SMILES string of the molecule is C[C@]12CC[C@H]3[C@@H](CC=C4CCCC(O)[C@@]43C)[C@@H]1CC=C2Cc1ncccn1. The van der Waals surface area contributed by atoms with Crippen molar-refractivity contribution >= 4 is 0 Å². The molecule has 0 bridgehead atoms.